The summed E-state index contributed by atoms with van der Waals surface area (Å²) in [7, 11) is 1.56. The molecule has 136 valence electrons. The number of aliphatic carboxylic acids is 1. The minimum Gasteiger partial charge on any atom is -0.481 e. The summed E-state index contributed by atoms with van der Waals surface area (Å²) in [6, 6.07) is 5.44. The van der Waals surface area contributed by atoms with E-state index in [1.807, 2.05) is 0 Å². The molecule has 1 aromatic rings. The van der Waals surface area contributed by atoms with Crippen LogP contribution in [0.1, 0.15) is 19.3 Å². The summed E-state index contributed by atoms with van der Waals surface area (Å²) >= 11 is 0. The fraction of sp³-hybridized carbons (Fsp3) is 0.471. The number of rotatable bonds is 5. The van der Waals surface area contributed by atoms with E-state index in [-0.39, 0.29) is 37.0 Å². The smallest absolute Gasteiger partial charge is 0.321 e. The van der Waals surface area contributed by atoms with Crippen molar-refractivity contribution in [2.24, 2.45) is 5.92 Å². The maximum absolute atomic E-state index is 13.6. The molecule has 2 rings (SSSR count). The van der Waals surface area contributed by atoms with Crippen LogP contribution < -0.4 is 5.32 Å². The number of likely N-dealkylation sites (tertiary alicyclic amines) is 1. The van der Waals surface area contributed by atoms with Crippen molar-refractivity contribution in [3.8, 4) is 0 Å². The molecule has 8 heteroatoms. The lowest BCUT2D eigenvalue weighted by Crippen LogP contribution is -2.47. The van der Waals surface area contributed by atoms with Crippen molar-refractivity contribution < 1.29 is 23.9 Å². The van der Waals surface area contributed by atoms with Crippen molar-refractivity contribution in [2.75, 3.05) is 32.0 Å². The molecule has 0 saturated carbocycles. The number of amides is 3. The molecule has 1 unspecified atom stereocenters. The van der Waals surface area contributed by atoms with E-state index in [0.717, 1.165) is 0 Å². The van der Waals surface area contributed by atoms with Crippen molar-refractivity contribution in [3.63, 3.8) is 0 Å². The number of urea groups is 1. The van der Waals surface area contributed by atoms with Gasteiger partial charge in [-0.2, -0.15) is 0 Å². The van der Waals surface area contributed by atoms with E-state index in [1.54, 1.807) is 13.1 Å². The third kappa shape index (κ3) is 5.17. The summed E-state index contributed by atoms with van der Waals surface area (Å²) in [4.78, 5) is 38.2. The van der Waals surface area contributed by atoms with Gasteiger partial charge in [-0.1, -0.05) is 12.1 Å². The van der Waals surface area contributed by atoms with E-state index >= 15 is 0 Å². The standard InChI is InChI=1S/C17H22FN3O4/c1-20(10-8-15(22)23)16(24)12-5-4-9-21(11-12)17(25)19-14-7-3-2-6-13(14)18/h2-3,6-7,12H,4-5,8-11H2,1H3,(H,19,25)(H,22,23). The number of para-hydroxylation sites is 1. The van der Waals surface area contributed by atoms with Gasteiger partial charge in [-0.3, -0.25) is 9.59 Å². The van der Waals surface area contributed by atoms with Gasteiger partial charge in [0.2, 0.25) is 5.91 Å². The Labute approximate surface area is 145 Å². The number of hydrogen-bond donors (Lipinski definition) is 2. The summed E-state index contributed by atoms with van der Waals surface area (Å²) in [5, 5.41) is 11.2. The van der Waals surface area contributed by atoms with Gasteiger partial charge in [0.1, 0.15) is 5.82 Å². The molecule has 1 aromatic carbocycles. The third-order valence-corrected chi connectivity index (χ3v) is 4.21. The Kier molecular flexibility index (Phi) is 6.32. The number of nitrogens with one attached hydrogen (secondary N) is 1. The number of benzene rings is 1. The van der Waals surface area contributed by atoms with Gasteiger partial charge in [0, 0.05) is 26.7 Å². The second kappa shape index (κ2) is 8.46. The molecular weight excluding hydrogens is 329 g/mol. The first-order valence-corrected chi connectivity index (χ1v) is 8.15. The number of carboxylic acids is 1. The Balaban J connectivity index is 1.93. The number of nitrogens with zero attached hydrogens (tertiary/aromatic N) is 2. The number of piperidine rings is 1. The molecule has 1 aliphatic rings. The summed E-state index contributed by atoms with van der Waals surface area (Å²) in [6.07, 6.45) is 1.18. The third-order valence-electron chi connectivity index (χ3n) is 4.21. The van der Waals surface area contributed by atoms with Gasteiger partial charge in [-0.05, 0) is 25.0 Å². The second-order valence-electron chi connectivity index (χ2n) is 6.10. The Hall–Kier alpha value is -2.64. The quantitative estimate of drug-likeness (QED) is 0.849. The minimum absolute atomic E-state index is 0.0968. The zero-order chi connectivity index (χ0) is 18.4. The highest BCUT2D eigenvalue weighted by atomic mass is 19.1. The first-order valence-electron chi connectivity index (χ1n) is 8.15. The summed E-state index contributed by atoms with van der Waals surface area (Å²) in [5.41, 5.74) is 0.0968. The summed E-state index contributed by atoms with van der Waals surface area (Å²) in [6.45, 7) is 0.853. The molecule has 2 N–H and O–H groups in total. The van der Waals surface area contributed by atoms with Crippen molar-refractivity contribution in [2.45, 2.75) is 19.3 Å². The normalized spacial score (nSPS) is 17.0. The monoisotopic (exact) mass is 351 g/mol. The topological polar surface area (TPSA) is 90.0 Å². The Bertz CT molecular complexity index is 653. The zero-order valence-electron chi connectivity index (χ0n) is 14.1. The summed E-state index contributed by atoms with van der Waals surface area (Å²) in [5.74, 6) is -2.04. The molecule has 7 nitrogen and oxygen atoms in total. The van der Waals surface area contributed by atoms with Gasteiger partial charge in [0.05, 0.1) is 18.0 Å². The highest BCUT2D eigenvalue weighted by Gasteiger charge is 2.30. The van der Waals surface area contributed by atoms with E-state index in [4.69, 9.17) is 5.11 Å². The minimum atomic E-state index is -0.964. The average molecular weight is 351 g/mol. The molecule has 0 aliphatic carbocycles. The largest absolute Gasteiger partial charge is 0.481 e. The average Bonchev–Trinajstić information content (AvgIpc) is 2.61. The predicted molar refractivity (Wildman–Crippen MR) is 89.6 cm³/mol. The van der Waals surface area contributed by atoms with E-state index in [0.29, 0.717) is 19.4 Å². The van der Waals surface area contributed by atoms with Crippen LogP contribution in [-0.2, 0) is 9.59 Å². The molecule has 3 amide bonds. The lowest BCUT2D eigenvalue weighted by atomic mass is 9.97. The van der Waals surface area contributed by atoms with Crippen LogP contribution in [0.4, 0.5) is 14.9 Å². The van der Waals surface area contributed by atoms with Crippen molar-refractivity contribution in [1.82, 2.24) is 9.80 Å². The van der Waals surface area contributed by atoms with E-state index in [9.17, 15) is 18.8 Å². The molecule has 1 aliphatic heterocycles. The number of anilines is 1. The first-order chi connectivity index (χ1) is 11.9. The van der Waals surface area contributed by atoms with Crippen LogP contribution in [0.5, 0.6) is 0 Å². The Morgan fingerprint density at radius 3 is 2.76 bits per heavy atom. The van der Waals surface area contributed by atoms with E-state index in [2.05, 4.69) is 5.32 Å². The molecule has 0 spiro atoms. The van der Waals surface area contributed by atoms with Gasteiger partial charge in [0.25, 0.3) is 0 Å². The Morgan fingerprint density at radius 2 is 2.08 bits per heavy atom. The van der Waals surface area contributed by atoms with Gasteiger partial charge in [0.15, 0.2) is 0 Å². The van der Waals surface area contributed by atoms with Crippen molar-refractivity contribution in [3.05, 3.63) is 30.1 Å². The number of carbonyl (C=O) groups excluding carboxylic acids is 2. The lowest BCUT2D eigenvalue weighted by Gasteiger charge is -2.34. The van der Waals surface area contributed by atoms with Crippen LogP contribution in [0.3, 0.4) is 0 Å². The maximum atomic E-state index is 13.6. The molecule has 1 saturated heterocycles. The molecule has 25 heavy (non-hydrogen) atoms. The second-order valence-corrected chi connectivity index (χ2v) is 6.10. The molecule has 0 bridgehead atoms. The van der Waals surface area contributed by atoms with Crippen LogP contribution in [-0.4, -0.2) is 59.5 Å². The maximum Gasteiger partial charge on any atom is 0.321 e. The predicted octanol–water partition coefficient (Wildman–Crippen LogP) is 2.00. The fourth-order valence-corrected chi connectivity index (χ4v) is 2.81. The first kappa shape index (κ1) is 18.7. The molecule has 1 fully saturated rings. The molecule has 0 radical (unpaired) electrons. The molecular formula is C17H22FN3O4. The number of carboxylic acid groups (broad SMARTS) is 1. The van der Waals surface area contributed by atoms with Crippen LogP contribution >= 0.6 is 0 Å². The van der Waals surface area contributed by atoms with Crippen molar-refractivity contribution in [1.29, 1.82) is 0 Å². The van der Waals surface area contributed by atoms with Crippen molar-refractivity contribution >= 4 is 23.6 Å². The van der Waals surface area contributed by atoms with Gasteiger partial charge < -0.3 is 20.2 Å². The van der Waals surface area contributed by atoms with Gasteiger partial charge in [-0.25, -0.2) is 9.18 Å². The van der Waals surface area contributed by atoms with Gasteiger partial charge >= 0.3 is 12.0 Å². The zero-order valence-corrected chi connectivity index (χ0v) is 14.1. The number of carbonyl (C=O) groups is 3. The molecule has 0 aromatic heterocycles. The number of hydrogen-bond acceptors (Lipinski definition) is 3. The lowest BCUT2D eigenvalue weighted by molar-refractivity contribution is -0.139. The fourth-order valence-electron chi connectivity index (χ4n) is 2.81. The van der Waals surface area contributed by atoms with Crippen LogP contribution in [0.2, 0.25) is 0 Å². The molecule has 1 atom stereocenters. The van der Waals surface area contributed by atoms with Crippen LogP contribution in [0.25, 0.3) is 0 Å². The van der Waals surface area contributed by atoms with Crippen LogP contribution in [0.15, 0.2) is 24.3 Å². The summed E-state index contributed by atoms with van der Waals surface area (Å²) < 4.78 is 13.6. The van der Waals surface area contributed by atoms with E-state index in [1.165, 1.54) is 28.0 Å². The Morgan fingerprint density at radius 1 is 1.36 bits per heavy atom. The molecule has 1 heterocycles. The van der Waals surface area contributed by atoms with Crippen LogP contribution in [0, 0.1) is 11.7 Å². The highest BCUT2D eigenvalue weighted by Crippen LogP contribution is 2.20. The van der Waals surface area contributed by atoms with E-state index < -0.39 is 17.8 Å². The number of halogens is 1. The van der Waals surface area contributed by atoms with Gasteiger partial charge in [-0.15, -0.1) is 0 Å². The SMILES string of the molecule is CN(CCC(=O)O)C(=O)C1CCCN(C(=O)Nc2ccccc2F)C1. The highest BCUT2D eigenvalue weighted by molar-refractivity contribution is 5.90.